The summed E-state index contributed by atoms with van der Waals surface area (Å²) in [4.78, 5) is 0. The average molecular weight is 154 g/mol. The molecule has 0 radical (unpaired) electrons. The molecule has 0 aromatic carbocycles. The van der Waals surface area contributed by atoms with Crippen molar-refractivity contribution in [1.29, 1.82) is 0 Å². The molecule has 11 heavy (non-hydrogen) atoms. The molecule has 0 fully saturated rings. The molecule has 1 nitrogen and oxygen atoms in total. The summed E-state index contributed by atoms with van der Waals surface area (Å²) in [6.45, 7) is 4.43. The fourth-order valence-electron chi connectivity index (χ4n) is 1.93. The minimum atomic E-state index is -0.178. The minimum absolute atomic E-state index is 0.178. The lowest BCUT2D eigenvalue weighted by Crippen LogP contribution is -2.22. The molecule has 0 amide bonds. The van der Waals surface area contributed by atoms with Crippen LogP contribution in [0.4, 0.5) is 0 Å². The van der Waals surface area contributed by atoms with Crippen molar-refractivity contribution in [3.63, 3.8) is 0 Å². The monoisotopic (exact) mass is 154 g/mol. The smallest absolute Gasteiger partial charge is 0.0723 e. The maximum atomic E-state index is 9.34. The second-order valence-corrected chi connectivity index (χ2v) is 3.43. The second-order valence-electron chi connectivity index (χ2n) is 3.43. The molecular weight excluding hydrogens is 136 g/mol. The number of hydrogen-bond donors (Lipinski definition) is 1. The third-order valence-corrected chi connectivity index (χ3v) is 2.73. The summed E-state index contributed by atoms with van der Waals surface area (Å²) in [5.41, 5.74) is 0. The minimum Gasteiger partial charge on any atom is -0.389 e. The third-order valence-electron chi connectivity index (χ3n) is 2.73. The molecule has 3 unspecified atom stereocenters. The highest BCUT2D eigenvalue weighted by Crippen LogP contribution is 2.29. The van der Waals surface area contributed by atoms with Crippen molar-refractivity contribution in [2.75, 3.05) is 0 Å². The molecule has 64 valence electrons. The van der Waals surface area contributed by atoms with E-state index in [1.807, 2.05) is 6.08 Å². The van der Waals surface area contributed by atoms with E-state index in [-0.39, 0.29) is 6.10 Å². The maximum absolute atomic E-state index is 9.34. The molecule has 1 heteroatoms. The maximum Gasteiger partial charge on any atom is 0.0723 e. The van der Waals surface area contributed by atoms with Crippen LogP contribution < -0.4 is 0 Å². The summed E-state index contributed by atoms with van der Waals surface area (Å²) in [5.74, 6) is 1.42. The van der Waals surface area contributed by atoms with E-state index < -0.39 is 0 Å². The Morgan fingerprint density at radius 2 is 2.00 bits per heavy atom. The Bertz CT molecular complexity index is 140. The molecule has 3 atom stereocenters. The van der Waals surface area contributed by atoms with E-state index >= 15 is 0 Å². The van der Waals surface area contributed by atoms with Crippen LogP contribution in [-0.2, 0) is 0 Å². The normalized spacial score (nSPS) is 37.5. The number of allylic oxidation sites excluding steroid dienone is 1. The van der Waals surface area contributed by atoms with Crippen molar-refractivity contribution in [2.24, 2.45) is 11.8 Å². The molecule has 0 saturated carbocycles. The van der Waals surface area contributed by atoms with Crippen molar-refractivity contribution < 1.29 is 5.11 Å². The fourth-order valence-corrected chi connectivity index (χ4v) is 1.93. The molecule has 0 spiro atoms. The molecule has 1 aliphatic carbocycles. The van der Waals surface area contributed by atoms with Crippen LogP contribution in [0.5, 0.6) is 0 Å². The SMILES string of the molecule is CCC1C=CC(O)CC1CC. The zero-order chi connectivity index (χ0) is 8.27. The summed E-state index contributed by atoms with van der Waals surface area (Å²) in [6.07, 6.45) is 7.32. The van der Waals surface area contributed by atoms with Crippen molar-refractivity contribution in [3.05, 3.63) is 12.2 Å². The number of aliphatic hydroxyl groups is 1. The summed E-state index contributed by atoms with van der Waals surface area (Å²) >= 11 is 0. The summed E-state index contributed by atoms with van der Waals surface area (Å²) in [6, 6.07) is 0. The van der Waals surface area contributed by atoms with Crippen LogP contribution in [0.15, 0.2) is 12.2 Å². The summed E-state index contributed by atoms with van der Waals surface area (Å²) in [7, 11) is 0. The first-order chi connectivity index (χ1) is 5.27. The first-order valence-electron chi connectivity index (χ1n) is 4.64. The van der Waals surface area contributed by atoms with Gasteiger partial charge in [0.2, 0.25) is 0 Å². The largest absolute Gasteiger partial charge is 0.389 e. The van der Waals surface area contributed by atoms with Crippen molar-refractivity contribution in [3.8, 4) is 0 Å². The molecule has 0 aliphatic heterocycles. The first-order valence-corrected chi connectivity index (χ1v) is 4.64. The molecule has 1 rings (SSSR count). The van der Waals surface area contributed by atoms with Gasteiger partial charge in [-0.1, -0.05) is 32.4 Å². The van der Waals surface area contributed by atoms with E-state index in [9.17, 15) is 5.11 Å². The number of hydrogen-bond acceptors (Lipinski definition) is 1. The van der Waals surface area contributed by atoms with Gasteiger partial charge in [0.25, 0.3) is 0 Å². The Morgan fingerprint density at radius 1 is 1.27 bits per heavy atom. The lowest BCUT2D eigenvalue weighted by atomic mass is 9.80. The summed E-state index contributed by atoms with van der Waals surface area (Å²) in [5, 5.41) is 9.34. The quantitative estimate of drug-likeness (QED) is 0.605. The van der Waals surface area contributed by atoms with Crippen LogP contribution in [0.25, 0.3) is 0 Å². The molecule has 0 saturated heterocycles. The zero-order valence-electron chi connectivity index (χ0n) is 7.46. The third kappa shape index (κ3) is 2.06. The van der Waals surface area contributed by atoms with E-state index in [4.69, 9.17) is 0 Å². The van der Waals surface area contributed by atoms with Crippen LogP contribution >= 0.6 is 0 Å². The van der Waals surface area contributed by atoms with Gasteiger partial charge in [0.15, 0.2) is 0 Å². The van der Waals surface area contributed by atoms with E-state index in [2.05, 4.69) is 19.9 Å². The van der Waals surface area contributed by atoms with Gasteiger partial charge >= 0.3 is 0 Å². The van der Waals surface area contributed by atoms with Crippen LogP contribution in [0, 0.1) is 11.8 Å². The van der Waals surface area contributed by atoms with E-state index in [1.165, 1.54) is 12.8 Å². The lowest BCUT2D eigenvalue weighted by Gasteiger charge is -2.28. The van der Waals surface area contributed by atoms with Crippen LogP contribution in [0.3, 0.4) is 0 Å². The lowest BCUT2D eigenvalue weighted by molar-refractivity contribution is 0.155. The Balaban J connectivity index is 2.56. The first kappa shape index (κ1) is 8.79. The molecule has 1 N–H and O–H groups in total. The molecule has 0 bridgehead atoms. The second kappa shape index (κ2) is 3.91. The number of aliphatic hydroxyl groups excluding tert-OH is 1. The van der Waals surface area contributed by atoms with Crippen LogP contribution in [0.2, 0.25) is 0 Å². The van der Waals surface area contributed by atoms with Gasteiger partial charge in [0.1, 0.15) is 0 Å². The van der Waals surface area contributed by atoms with Gasteiger partial charge in [0, 0.05) is 0 Å². The average Bonchev–Trinajstić information content (AvgIpc) is 2.04. The standard InChI is InChI=1S/C10H18O/c1-3-8-5-6-10(11)7-9(8)4-2/h5-6,8-11H,3-4,7H2,1-2H3. The van der Waals surface area contributed by atoms with Crippen molar-refractivity contribution in [1.82, 2.24) is 0 Å². The molecule has 1 aliphatic rings. The van der Waals surface area contributed by atoms with Crippen LogP contribution in [0.1, 0.15) is 33.1 Å². The summed E-state index contributed by atoms with van der Waals surface area (Å²) < 4.78 is 0. The van der Waals surface area contributed by atoms with Gasteiger partial charge in [-0.15, -0.1) is 0 Å². The molecule has 0 heterocycles. The van der Waals surface area contributed by atoms with Crippen molar-refractivity contribution >= 4 is 0 Å². The zero-order valence-corrected chi connectivity index (χ0v) is 7.46. The van der Waals surface area contributed by atoms with Gasteiger partial charge in [-0.3, -0.25) is 0 Å². The van der Waals surface area contributed by atoms with E-state index in [1.54, 1.807) is 0 Å². The van der Waals surface area contributed by atoms with Gasteiger partial charge in [-0.2, -0.15) is 0 Å². The van der Waals surface area contributed by atoms with Crippen molar-refractivity contribution in [2.45, 2.75) is 39.2 Å². The Hall–Kier alpha value is -0.300. The van der Waals surface area contributed by atoms with E-state index in [0.717, 1.165) is 6.42 Å². The Morgan fingerprint density at radius 3 is 2.55 bits per heavy atom. The predicted octanol–water partition coefficient (Wildman–Crippen LogP) is 2.36. The topological polar surface area (TPSA) is 20.2 Å². The van der Waals surface area contributed by atoms with Crippen LogP contribution in [-0.4, -0.2) is 11.2 Å². The van der Waals surface area contributed by atoms with Gasteiger partial charge in [0.05, 0.1) is 6.10 Å². The Labute approximate surface area is 69.1 Å². The Kier molecular flexibility index (Phi) is 3.13. The van der Waals surface area contributed by atoms with E-state index in [0.29, 0.717) is 11.8 Å². The molecular formula is C10H18O. The highest BCUT2D eigenvalue weighted by Gasteiger charge is 2.22. The predicted molar refractivity (Wildman–Crippen MR) is 47.3 cm³/mol. The molecule has 0 aromatic rings. The molecule has 0 aromatic heterocycles. The van der Waals surface area contributed by atoms with Gasteiger partial charge in [-0.05, 0) is 24.7 Å². The van der Waals surface area contributed by atoms with Gasteiger partial charge in [-0.25, -0.2) is 0 Å². The van der Waals surface area contributed by atoms with Gasteiger partial charge < -0.3 is 5.11 Å². The highest BCUT2D eigenvalue weighted by atomic mass is 16.3. The number of rotatable bonds is 2. The fraction of sp³-hybridized carbons (Fsp3) is 0.800. The highest BCUT2D eigenvalue weighted by molar-refractivity contribution is 5.01.